The van der Waals surface area contributed by atoms with E-state index < -0.39 is 23.9 Å². The smallest absolute Gasteiger partial charge is 0.168 e. The second-order valence-electron chi connectivity index (χ2n) is 10.3. The third kappa shape index (κ3) is 11.3. The van der Waals surface area contributed by atoms with Crippen LogP contribution in [0.3, 0.4) is 0 Å². The predicted octanol–water partition coefficient (Wildman–Crippen LogP) is 4.23. The number of Topliss-reactive ketones (excluding diaryl/α,β-unsaturated/α-hetero) is 6. The maximum Gasteiger partial charge on any atom is 0.168 e. The molecule has 4 rings (SSSR count). The first kappa shape index (κ1) is 38.1. The number of carbonyl (C=O) groups excluding carboxylic acids is 7. The summed E-state index contributed by atoms with van der Waals surface area (Å²) in [6.07, 6.45) is 5.36. The highest BCUT2D eigenvalue weighted by molar-refractivity contribution is 6.12. The number of hydrogen-bond acceptors (Lipinski definition) is 11. The van der Waals surface area contributed by atoms with Crippen molar-refractivity contribution in [2.75, 3.05) is 7.05 Å². The average Bonchev–Trinajstić information content (AvgIpc) is 2.98. The lowest BCUT2D eigenvalue weighted by Gasteiger charge is -2.45. The number of aromatic nitrogens is 3. The molecule has 11 nitrogen and oxygen atoms in total. The van der Waals surface area contributed by atoms with Gasteiger partial charge in [-0.05, 0) is 71.1 Å². The molecule has 4 unspecified atom stereocenters. The zero-order valence-electron chi connectivity index (χ0n) is 25.4. The quantitative estimate of drug-likeness (QED) is 0.250. The van der Waals surface area contributed by atoms with E-state index in [9.17, 15) is 33.6 Å². The van der Waals surface area contributed by atoms with Gasteiger partial charge in [-0.1, -0.05) is 25.6 Å². The molecule has 4 heterocycles. The van der Waals surface area contributed by atoms with Crippen LogP contribution in [-0.2, 0) is 28.8 Å². The molecule has 1 fully saturated rings. The highest BCUT2D eigenvalue weighted by Gasteiger charge is 2.52. The van der Waals surface area contributed by atoms with Gasteiger partial charge in [-0.25, -0.2) is 0 Å². The van der Waals surface area contributed by atoms with E-state index in [4.69, 9.17) is 0 Å². The molecule has 45 heavy (non-hydrogen) atoms. The van der Waals surface area contributed by atoms with Crippen molar-refractivity contribution in [1.29, 1.82) is 0 Å². The first-order valence-electron chi connectivity index (χ1n) is 13.8. The summed E-state index contributed by atoms with van der Waals surface area (Å²) in [6, 6.07) is 14.9. The number of rotatable bonds is 9. The molecule has 1 aliphatic rings. The average molecular weight is 617 g/mol. The van der Waals surface area contributed by atoms with Crippen LogP contribution >= 0.6 is 0 Å². The Kier molecular flexibility index (Phi) is 15.8. The van der Waals surface area contributed by atoms with E-state index in [1.54, 1.807) is 61.1 Å². The summed E-state index contributed by atoms with van der Waals surface area (Å²) in [5, 5.41) is 0. The van der Waals surface area contributed by atoms with E-state index in [1.165, 1.54) is 27.7 Å². The number of hydrogen-bond donors (Lipinski definition) is 0. The lowest BCUT2D eigenvalue weighted by Crippen LogP contribution is -2.53. The summed E-state index contributed by atoms with van der Waals surface area (Å²) in [7, 11) is 1.82. The summed E-state index contributed by atoms with van der Waals surface area (Å²) >= 11 is 0. The Morgan fingerprint density at radius 2 is 1.09 bits per heavy atom. The van der Waals surface area contributed by atoms with E-state index in [2.05, 4.69) is 15.0 Å². The van der Waals surface area contributed by atoms with Gasteiger partial charge in [-0.3, -0.25) is 53.4 Å². The molecule has 0 spiro atoms. The van der Waals surface area contributed by atoms with Crippen LogP contribution in [0.5, 0.6) is 0 Å². The van der Waals surface area contributed by atoms with E-state index in [1.807, 2.05) is 24.1 Å². The summed E-state index contributed by atoms with van der Waals surface area (Å²) in [5.41, 5.74) is 1.74. The largest absolute Gasteiger partial charge is 0.300 e. The van der Waals surface area contributed by atoms with Gasteiger partial charge < -0.3 is 0 Å². The minimum Gasteiger partial charge on any atom is -0.300 e. The van der Waals surface area contributed by atoms with Crippen molar-refractivity contribution in [3.63, 3.8) is 0 Å². The zero-order chi connectivity index (χ0) is 32.8. The van der Waals surface area contributed by atoms with Gasteiger partial charge in [0.25, 0.3) is 0 Å². The molecule has 0 N–H and O–H groups in total. The van der Waals surface area contributed by atoms with Crippen molar-refractivity contribution in [1.82, 2.24) is 19.9 Å². The predicted molar refractivity (Wildman–Crippen MR) is 167 cm³/mol. The van der Waals surface area contributed by atoms with Crippen molar-refractivity contribution >= 4 is 41.0 Å². The molecule has 0 bridgehead atoms. The van der Waals surface area contributed by atoms with Gasteiger partial charge in [0, 0.05) is 18.6 Å². The molecule has 0 saturated carbocycles. The van der Waals surface area contributed by atoms with Gasteiger partial charge in [0.1, 0.15) is 34.6 Å². The van der Waals surface area contributed by atoms with Gasteiger partial charge in [0.2, 0.25) is 0 Å². The standard InChI is InChI=1S/C20H21N3O3.C7H10O3.C6H5NO.CH4/c1-12(24)16-18(14-8-4-6-10-21-14)23(3)19(15-9-5-7-11-22-15)17(13(2)25)20(16)26;1-5(8)3-7(10)4-6(2)9;8-5-6-3-1-2-4-7-6;/h4-11,16-19H,1-3H3;3-4H2,1-2H3;1-5H;1H4. The van der Waals surface area contributed by atoms with E-state index in [0.717, 1.165) is 6.29 Å². The number of piperidine rings is 1. The molecule has 0 radical (unpaired) electrons. The van der Waals surface area contributed by atoms with Crippen LogP contribution in [0.2, 0.25) is 0 Å². The second kappa shape index (κ2) is 18.7. The zero-order valence-corrected chi connectivity index (χ0v) is 25.4. The van der Waals surface area contributed by atoms with Crippen molar-refractivity contribution in [2.24, 2.45) is 11.8 Å². The molecular weight excluding hydrogens is 576 g/mol. The summed E-state index contributed by atoms with van der Waals surface area (Å²) < 4.78 is 0. The van der Waals surface area contributed by atoms with Crippen LogP contribution in [0.25, 0.3) is 0 Å². The Labute approximate surface area is 263 Å². The van der Waals surface area contributed by atoms with Crippen molar-refractivity contribution in [3.8, 4) is 0 Å². The first-order valence-corrected chi connectivity index (χ1v) is 13.8. The third-order valence-corrected chi connectivity index (χ3v) is 6.68. The Morgan fingerprint density at radius 3 is 1.36 bits per heavy atom. The molecule has 4 atom stereocenters. The second-order valence-corrected chi connectivity index (χ2v) is 10.3. The van der Waals surface area contributed by atoms with Crippen molar-refractivity contribution in [3.05, 3.63) is 90.3 Å². The number of aldehydes is 1. The highest BCUT2D eigenvalue weighted by Crippen LogP contribution is 2.44. The van der Waals surface area contributed by atoms with Crippen LogP contribution in [0.15, 0.2) is 73.2 Å². The lowest BCUT2D eigenvalue weighted by atomic mass is 9.72. The fourth-order valence-corrected chi connectivity index (χ4v) is 4.92. The van der Waals surface area contributed by atoms with Gasteiger partial charge in [0.05, 0.1) is 48.1 Å². The first-order chi connectivity index (χ1) is 20.9. The van der Waals surface area contributed by atoms with Crippen molar-refractivity contribution in [2.45, 2.75) is 60.0 Å². The third-order valence-electron chi connectivity index (χ3n) is 6.68. The number of pyridine rings is 3. The number of carbonyl (C=O) groups is 7. The van der Waals surface area contributed by atoms with Gasteiger partial charge in [0.15, 0.2) is 12.1 Å². The molecular formula is C34H40N4O7. The molecule has 3 aromatic rings. The normalized spacial score (nSPS) is 18.8. The van der Waals surface area contributed by atoms with Crippen LogP contribution in [-0.4, -0.2) is 67.9 Å². The summed E-state index contributed by atoms with van der Waals surface area (Å²) in [6.45, 7) is 5.45. The topological polar surface area (TPSA) is 161 Å². The Morgan fingerprint density at radius 1 is 0.689 bits per heavy atom. The monoisotopic (exact) mass is 616 g/mol. The molecule has 0 aliphatic carbocycles. The van der Waals surface area contributed by atoms with Gasteiger partial charge in [-0.15, -0.1) is 0 Å². The van der Waals surface area contributed by atoms with Crippen LogP contribution < -0.4 is 0 Å². The van der Waals surface area contributed by atoms with Crippen LogP contribution in [0.4, 0.5) is 0 Å². The number of ketones is 6. The lowest BCUT2D eigenvalue weighted by molar-refractivity contribution is -0.150. The Balaban J connectivity index is 0.000000438. The maximum atomic E-state index is 13.2. The van der Waals surface area contributed by atoms with Gasteiger partial charge >= 0.3 is 0 Å². The van der Waals surface area contributed by atoms with Crippen LogP contribution in [0, 0.1) is 11.8 Å². The molecule has 11 heteroatoms. The Hall–Kier alpha value is -4.90. The number of likely N-dealkylation sites (tertiary alicyclic amines) is 1. The molecule has 1 saturated heterocycles. The van der Waals surface area contributed by atoms with Gasteiger partial charge in [-0.2, -0.15) is 0 Å². The summed E-state index contributed by atoms with van der Waals surface area (Å²) in [4.78, 5) is 93.4. The maximum absolute atomic E-state index is 13.2. The van der Waals surface area contributed by atoms with E-state index >= 15 is 0 Å². The molecule has 3 aromatic heterocycles. The van der Waals surface area contributed by atoms with Crippen molar-refractivity contribution < 1.29 is 33.6 Å². The van der Waals surface area contributed by atoms with Crippen LogP contribution in [0.1, 0.15) is 81.9 Å². The minimum atomic E-state index is -0.927. The fourth-order valence-electron chi connectivity index (χ4n) is 4.92. The minimum absolute atomic E-state index is 0. The SMILES string of the molecule is C.CC(=O)C1C(=O)C(C(C)=O)C(c2ccccn2)N(C)C1c1ccccn1.CC(=O)CC(=O)CC(C)=O.O=Cc1ccccn1. The molecule has 238 valence electrons. The van der Waals surface area contributed by atoms with E-state index in [-0.39, 0.29) is 55.0 Å². The molecule has 0 aromatic carbocycles. The van der Waals surface area contributed by atoms with E-state index in [0.29, 0.717) is 17.1 Å². The number of nitrogens with zero attached hydrogens (tertiary/aromatic N) is 4. The highest BCUT2D eigenvalue weighted by atomic mass is 16.2. The summed E-state index contributed by atoms with van der Waals surface area (Å²) in [5.74, 6) is -3.40. The fraction of sp³-hybridized carbons (Fsp3) is 0.353. The molecule has 1 aliphatic heterocycles. The Bertz CT molecular complexity index is 1380. The molecule has 0 amide bonds.